The number of benzene rings is 3. The van der Waals surface area contributed by atoms with Gasteiger partial charge in [0.1, 0.15) is 5.01 Å². The van der Waals surface area contributed by atoms with Crippen LogP contribution in [0.4, 0.5) is 24.0 Å². The Balaban J connectivity index is 1.60. The third-order valence-electron chi connectivity index (χ3n) is 4.87. The summed E-state index contributed by atoms with van der Waals surface area (Å²) in [5, 5.41) is 12.4. The molecule has 0 radical (unpaired) electrons. The maximum absolute atomic E-state index is 12.8. The van der Waals surface area contributed by atoms with Crippen LogP contribution in [0.25, 0.3) is 21.7 Å². The van der Waals surface area contributed by atoms with Gasteiger partial charge in [-0.2, -0.15) is 13.2 Å². The molecule has 0 bridgehead atoms. The molecule has 0 unspecified atom stereocenters. The summed E-state index contributed by atoms with van der Waals surface area (Å²) in [4.78, 5) is 11.8. The van der Waals surface area contributed by atoms with Crippen molar-refractivity contribution in [3.8, 4) is 21.7 Å². The van der Waals surface area contributed by atoms with Crippen LogP contribution in [0.2, 0.25) is 0 Å². The second-order valence-corrected chi connectivity index (χ2v) is 8.03. The van der Waals surface area contributed by atoms with Crippen molar-refractivity contribution >= 4 is 28.1 Å². The SMILES string of the molecule is Cc1ccc(-c2ccccc2C(N)=O)cc1Nc1nnc(-c2ccc(C(F)(F)F)cc2)s1. The number of halogens is 3. The van der Waals surface area contributed by atoms with Gasteiger partial charge < -0.3 is 11.1 Å². The molecular formula is C23H17F3N4OS. The predicted octanol–water partition coefficient (Wildman–Crippen LogP) is 6.04. The highest BCUT2D eigenvalue weighted by molar-refractivity contribution is 7.18. The molecule has 0 aliphatic carbocycles. The zero-order valence-electron chi connectivity index (χ0n) is 16.8. The summed E-state index contributed by atoms with van der Waals surface area (Å²) in [6, 6.07) is 17.6. The van der Waals surface area contributed by atoms with Gasteiger partial charge >= 0.3 is 6.18 Å². The number of nitrogens with zero attached hydrogens (tertiary/aromatic N) is 2. The number of alkyl halides is 3. The molecule has 9 heteroatoms. The van der Waals surface area contributed by atoms with Crippen molar-refractivity contribution in [1.82, 2.24) is 10.2 Å². The molecule has 1 heterocycles. The van der Waals surface area contributed by atoms with Gasteiger partial charge in [-0.3, -0.25) is 4.79 Å². The summed E-state index contributed by atoms with van der Waals surface area (Å²) in [5.74, 6) is -0.513. The number of nitrogens with two attached hydrogens (primary N) is 1. The standard InChI is InChI=1S/C23H17F3N4OS/c1-13-6-7-15(17-4-2-3-5-18(17)20(27)31)12-19(13)28-22-30-29-21(32-22)14-8-10-16(11-9-14)23(24,25)26/h2-12H,1H3,(H2,27,31)(H,28,30). The minimum absolute atomic E-state index is 0.419. The lowest BCUT2D eigenvalue weighted by atomic mass is 9.97. The second kappa shape index (κ2) is 8.43. The topological polar surface area (TPSA) is 80.9 Å². The van der Waals surface area contributed by atoms with Crippen molar-refractivity contribution in [1.29, 1.82) is 0 Å². The molecule has 0 aliphatic rings. The zero-order chi connectivity index (χ0) is 22.9. The van der Waals surface area contributed by atoms with Gasteiger partial charge in [0.15, 0.2) is 0 Å². The summed E-state index contributed by atoms with van der Waals surface area (Å²) in [6.45, 7) is 1.92. The molecule has 1 aromatic heterocycles. The fraction of sp³-hybridized carbons (Fsp3) is 0.0870. The van der Waals surface area contributed by atoms with E-state index in [1.165, 1.54) is 23.5 Å². The molecule has 0 aliphatic heterocycles. The summed E-state index contributed by atoms with van der Waals surface area (Å²) in [7, 11) is 0. The van der Waals surface area contributed by atoms with Crippen molar-refractivity contribution in [2.45, 2.75) is 13.1 Å². The maximum Gasteiger partial charge on any atom is 0.416 e. The van der Waals surface area contributed by atoms with E-state index in [2.05, 4.69) is 15.5 Å². The highest BCUT2D eigenvalue weighted by atomic mass is 32.1. The van der Waals surface area contributed by atoms with Crippen LogP contribution in [-0.2, 0) is 6.18 Å². The smallest absolute Gasteiger partial charge is 0.366 e. The lowest BCUT2D eigenvalue weighted by molar-refractivity contribution is -0.137. The molecule has 4 rings (SSSR count). The third kappa shape index (κ3) is 4.47. The Labute approximate surface area is 185 Å². The minimum atomic E-state index is -4.39. The van der Waals surface area contributed by atoms with Gasteiger partial charge in [-0.05, 0) is 47.9 Å². The number of anilines is 2. The van der Waals surface area contributed by atoms with Crippen LogP contribution in [0.3, 0.4) is 0 Å². The van der Waals surface area contributed by atoms with Gasteiger partial charge in [-0.15, -0.1) is 10.2 Å². The monoisotopic (exact) mass is 454 g/mol. The van der Waals surface area contributed by atoms with E-state index < -0.39 is 17.6 Å². The molecule has 3 N–H and O–H groups in total. The second-order valence-electron chi connectivity index (χ2n) is 7.05. The van der Waals surface area contributed by atoms with Crippen LogP contribution in [-0.4, -0.2) is 16.1 Å². The number of hydrogen-bond acceptors (Lipinski definition) is 5. The Kier molecular flexibility index (Phi) is 5.67. The van der Waals surface area contributed by atoms with E-state index in [9.17, 15) is 18.0 Å². The predicted molar refractivity (Wildman–Crippen MR) is 119 cm³/mol. The van der Waals surface area contributed by atoms with Crippen LogP contribution in [0.15, 0.2) is 66.7 Å². The molecule has 0 fully saturated rings. The Morgan fingerprint density at radius 3 is 2.34 bits per heavy atom. The van der Waals surface area contributed by atoms with Gasteiger partial charge in [0.2, 0.25) is 11.0 Å². The Morgan fingerprint density at radius 2 is 1.66 bits per heavy atom. The van der Waals surface area contributed by atoms with E-state index in [4.69, 9.17) is 5.73 Å². The molecule has 5 nitrogen and oxygen atoms in total. The van der Waals surface area contributed by atoms with Gasteiger partial charge in [0, 0.05) is 16.8 Å². The number of nitrogens with one attached hydrogen (secondary N) is 1. The van der Waals surface area contributed by atoms with Gasteiger partial charge in [0.25, 0.3) is 0 Å². The van der Waals surface area contributed by atoms with Crippen molar-refractivity contribution in [3.05, 3.63) is 83.4 Å². The number of hydrogen-bond donors (Lipinski definition) is 2. The molecule has 4 aromatic rings. The van der Waals surface area contributed by atoms with E-state index in [1.807, 2.05) is 37.3 Å². The van der Waals surface area contributed by atoms with Crippen molar-refractivity contribution in [2.75, 3.05) is 5.32 Å². The Bertz CT molecular complexity index is 1280. The lowest BCUT2D eigenvalue weighted by Crippen LogP contribution is -2.12. The molecule has 3 aromatic carbocycles. The first-order valence-electron chi connectivity index (χ1n) is 9.50. The first-order chi connectivity index (χ1) is 15.2. The number of rotatable bonds is 5. The summed E-state index contributed by atoms with van der Waals surface area (Å²) >= 11 is 1.22. The van der Waals surface area contributed by atoms with Gasteiger partial charge in [0.05, 0.1) is 5.56 Å². The highest BCUT2D eigenvalue weighted by Crippen LogP contribution is 2.34. The van der Waals surface area contributed by atoms with E-state index in [-0.39, 0.29) is 0 Å². The average Bonchev–Trinajstić information content (AvgIpc) is 3.23. The van der Waals surface area contributed by atoms with Crippen LogP contribution in [0.1, 0.15) is 21.5 Å². The van der Waals surface area contributed by atoms with Crippen LogP contribution in [0, 0.1) is 6.92 Å². The molecule has 0 saturated carbocycles. The van der Waals surface area contributed by atoms with Crippen LogP contribution >= 0.6 is 11.3 Å². The molecule has 0 spiro atoms. The van der Waals surface area contributed by atoms with Crippen molar-refractivity contribution in [3.63, 3.8) is 0 Å². The van der Waals surface area contributed by atoms with Gasteiger partial charge in [-0.1, -0.05) is 53.8 Å². The summed E-state index contributed by atoms with van der Waals surface area (Å²) < 4.78 is 38.3. The molecule has 0 saturated heterocycles. The largest absolute Gasteiger partial charge is 0.416 e. The van der Waals surface area contributed by atoms with Crippen LogP contribution < -0.4 is 11.1 Å². The fourth-order valence-electron chi connectivity index (χ4n) is 3.18. The number of amides is 1. The molecule has 1 amide bonds. The average molecular weight is 454 g/mol. The molecule has 32 heavy (non-hydrogen) atoms. The number of carbonyl (C=O) groups is 1. The molecule has 0 atom stereocenters. The van der Waals surface area contributed by atoms with E-state index in [1.54, 1.807) is 12.1 Å². The Hall–Kier alpha value is -3.72. The summed E-state index contributed by atoms with van der Waals surface area (Å²) in [6.07, 6.45) is -4.39. The normalized spacial score (nSPS) is 11.4. The quantitative estimate of drug-likeness (QED) is 0.385. The summed E-state index contributed by atoms with van der Waals surface area (Å²) in [5.41, 5.74) is 8.97. The minimum Gasteiger partial charge on any atom is -0.366 e. The lowest BCUT2D eigenvalue weighted by Gasteiger charge is -2.11. The number of aryl methyl sites for hydroxylation is 1. The third-order valence-corrected chi connectivity index (χ3v) is 5.75. The van der Waals surface area contributed by atoms with Gasteiger partial charge in [-0.25, -0.2) is 0 Å². The van der Waals surface area contributed by atoms with E-state index >= 15 is 0 Å². The maximum atomic E-state index is 12.8. The number of primary amides is 1. The first kappa shape index (κ1) is 21.5. The zero-order valence-corrected chi connectivity index (χ0v) is 17.6. The number of aromatic nitrogens is 2. The molecule has 162 valence electrons. The first-order valence-corrected chi connectivity index (χ1v) is 10.3. The van der Waals surface area contributed by atoms with E-state index in [0.717, 1.165) is 28.9 Å². The number of carbonyl (C=O) groups excluding carboxylic acids is 1. The van der Waals surface area contributed by atoms with E-state index in [0.29, 0.717) is 26.8 Å². The van der Waals surface area contributed by atoms with Crippen molar-refractivity contribution in [2.24, 2.45) is 5.73 Å². The van der Waals surface area contributed by atoms with Crippen LogP contribution in [0.5, 0.6) is 0 Å². The van der Waals surface area contributed by atoms with Crippen molar-refractivity contribution < 1.29 is 18.0 Å². The Morgan fingerprint density at radius 1 is 0.969 bits per heavy atom. The highest BCUT2D eigenvalue weighted by Gasteiger charge is 2.30. The fourth-order valence-corrected chi connectivity index (χ4v) is 3.94. The molecular weight excluding hydrogens is 437 g/mol.